The van der Waals surface area contributed by atoms with Crippen LogP contribution in [0.1, 0.15) is 32.8 Å². The number of aliphatic hydroxyl groups excluding tert-OH is 1. The van der Waals surface area contributed by atoms with Gasteiger partial charge in [0.05, 0.1) is 17.6 Å². The normalized spacial score (nSPS) is 21.9. The van der Waals surface area contributed by atoms with Crippen molar-refractivity contribution in [1.29, 1.82) is 0 Å². The summed E-state index contributed by atoms with van der Waals surface area (Å²) in [5, 5.41) is 22.9. The summed E-state index contributed by atoms with van der Waals surface area (Å²) in [6.45, 7) is 5.05. The van der Waals surface area contributed by atoms with Gasteiger partial charge in [-0.05, 0) is 44.5 Å². The monoisotopic (exact) mass is 547 g/mol. The third kappa shape index (κ3) is 6.00. The van der Waals surface area contributed by atoms with Crippen LogP contribution in [0.2, 0.25) is 0 Å². The number of nitrogens with one attached hydrogen (secondary N) is 1. The quantitative estimate of drug-likeness (QED) is 0.431. The van der Waals surface area contributed by atoms with Crippen LogP contribution in [0, 0.1) is 0 Å². The Morgan fingerprint density at radius 3 is 2.33 bits per heavy atom. The summed E-state index contributed by atoms with van der Waals surface area (Å²) in [6.07, 6.45) is 0.507. The Bertz CT molecular complexity index is 1130. The van der Waals surface area contributed by atoms with Gasteiger partial charge < -0.3 is 20.4 Å². The Kier molecular flexibility index (Phi) is 8.38. The van der Waals surface area contributed by atoms with Crippen LogP contribution in [0.3, 0.4) is 0 Å². The molecule has 200 valence electrons. The Labute approximate surface area is 215 Å². The van der Waals surface area contributed by atoms with Crippen molar-refractivity contribution >= 4 is 32.8 Å². The Hall–Kier alpha value is -1.83. The molecule has 1 aliphatic heterocycles. The third-order valence-electron chi connectivity index (χ3n) is 6.55. The van der Waals surface area contributed by atoms with E-state index in [-0.39, 0.29) is 42.8 Å². The molecule has 36 heavy (non-hydrogen) atoms. The van der Waals surface area contributed by atoms with Gasteiger partial charge in [-0.1, -0.05) is 36.5 Å². The predicted molar refractivity (Wildman–Crippen MR) is 137 cm³/mol. The van der Waals surface area contributed by atoms with Crippen molar-refractivity contribution in [3.63, 3.8) is 0 Å². The van der Waals surface area contributed by atoms with Crippen molar-refractivity contribution in [2.45, 2.75) is 50.6 Å². The zero-order chi connectivity index (χ0) is 26.9. The number of halogens is 3. The zero-order valence-electron chi connectivity index (χ0n) is 20.4. The number of anilines is 1. The molecule has 1 aromatic carbocycles. The molecule has 1 aromatic rings. The summed E-state index contributed by atoms with van der Waals surface area (Å²) in [5.41, 5.74) is -3.31. The van der Waals surface area contributed by atoms with Crippen molar-refractivity contribution < 1.29 is 31.8 Å². The second-order valence-electron chi connectivity index (χ2n) is 9.84. The lowest BCUT2D eigenvalue weighted by molar-refractivity contribution is -0.258. The van der Waals surface area contributed by atoms with E-state index in [4.69, 9.17) is 12.2 Å². The fourth-order valence-corrected chi connectivity index (χ4v) is 6.11. The van der Waals surface area contributed by atoms with Crippen molar-refractivity contribution in [2.75, 3.05) is 37.7 Å². The predicted octanol–water partition coefficient (Wildman–Crippen LogP) is 2.85. The van der Waals surface area contributed by atoms with E-state index in [1.54, 1.807) is 26.0 Å². The number of nitrogens with zero attached hydrogens (tertiary/aromatic N) is 2. The molecule has 7 nitrogen and oxygen atoms in total. The molecule has 1 heterocycles. The zero-order valence-corrected chi connectivity index (χ0v) is 22.1. The summed E-state index contributed by atoms with van der Waals surface area (Å²) in [5.74, 6) is 0. The molecular weight excluding hydrogens is 515 g/mol. The molecule has 0 amide bonds. The number of rotatable bonds is 8. The maximum absolute atomic E-state index is 13.4. The number of thiocarbonyl (C=S) groups is 1. The molecule has 3 rings (SSSR count). The molecule has 2 atom stereocenters. The molecule has 1 fully saturated rings. The van der Waals surface area contributed by atoms with E-state index in [1.165, 1.54) is 34.6 Å². The lowest BCUT2D eigenvalue weighted by Crippen LogP contribution is -2.60. The first-order chi connectivity index (χ1) is 16.6. The van der Waals surface area contributed by atoms with E-state index in [1.807, 2.05) is 4.90 Å². The highest BCUT2D eigenvalue weighted by atomic mass is 32.2. The van der Waals surface area contributed by atoms with Gasteiger partial charge in [0, 0.05) is 48.7 Å². The average molecular weight is 548 g/mol. The van der Waals surface area contributed by atoms with E-state index in [2.05, 4.69) is 5.32 Å². The number of allylic oxidation sites excluding steroid dienone is 4. The lowest BCUT2D eigenvalue weighted by atomic mass is 9.95. The van der Waals surface area contributed by atoms with E-state index in [0.717, 1.165) is 0 Å². The molecule has 12 heteroatoms. The minimum atomic E-state index is -4.83. The number of hydrogen-bond acceptors (Lipinski definition) is 7. The second kappa shape index (κ2) is 10.5. The first kappa shape index (κ1) is 28.7. The molecule has 0 unspecified atom stereocenters. The van der Waals surface area contributed by atoms with E-state index >= 15 is 0 Å². The topological polar surface area (TPSA) is 93.1 Å². The van der Waals surface area contributed by atoms with Gasteiger partial charge in [0.1, 0.15) is 0 Å². The number of sulfonamides is 1. The molecule has 2 aliphatic rings. The van der Waals surface area contributed by atoms with Gasteiger partial charge in [-0.2, -0.15) is 17.5 Å². The van der Waals surface area contributed by atoms with Gasteiger partial charge in [-0.25, -0.2) is 8.42 Å². The van der Waals surface area contributed by atoms with Crippen LogP contribution in [0.5, 0.6) is 0 Å². The van der Waals surface area contributed by atoms with Gasteiger partial charge in [-0.15, -0.1) is 0 Å². The summed E-state index contributed by atoms with van der Waals surface area (Å²) < 4.78 is 67.9. The average Bonchev–Trinajstić information content (AvgIpc) is 2.82. The Morgan fingerprint density at radius 1 is 1.14 bits per heavy atom. The maximum atomic E-state index is 13.4. The Morgan fingerprint density at radius 2 is 1.78 bits per heavy atom. The number of piperazine rings is 1. The molecule has 0 saturated carbocycles. The van der Waals surface area contributed by atoms with Crippen LogP contribution in [0.15, 0.2) is 47.4 Å². The third-order valence-corrected chi connectivity index (χ3v) is 9.02. The van der Waals surface area contributed by atoms with Gasteiger partial charge >= 0.3 is 6.18 Å². The molecule has 1 aliphatic carbocycles. The van der Waals surface area contributed by atoms with Gasteiger partial charge in [0.25, 0.3) is 0 Å². The summed E-state index contributed by atoms with van der Waals surface area (Å²) in [4.78, 5) is 2.38. The van der Waals surface area contributed by atoms with Crippen LogP contribution in [0.25, 0.3) is 0 Å². The van der Waals surface area contributed by atoms with E-state index in [9.17, 15) is 31.8 Å². The molecular formula is C24H32F3N3O4S2. The lowest BCUT2D eigenvalue weighted by Gasteiger charge is -2.43. The van der Waals surface area contributed by atoms with Crippen molar-refractivity contribution in [3.05, 3.63) is 53.0 Å². The second-order valence-corrected chi connectivity index (χ2v) is 12.2. The van der Waals surface area contributed by atoms with Crippen molar-refractivity contribution in [2.24, 2.45) is 0 Å². The minimum Gasteiger partial charge on any atom is -0.394 e. The molecule has 1 saturated heterocycles. The fraction of sp³-hybridized carbons (Fsp3) is 0.542. The van der Waals surface area contributed by atoms with Crippen LogP contribution in [0.4, 0.5) is 18.9 Å². The SMILES string of the molecule is CC(C)(CO)NC[C@@H]1CN(S(=O)(=O)C2=CC=CCC2=S)CCN1c1ccc([C@@](C)(O)C(F)(F)F)cc1. The number of benzene rings is 1. The summed E-state index contributed by atoms with van der Waals surface area (Å²) in [7, 11) is -3.83. The first-order valence-corrected chi connectivity index (χ1v) is 13.4. The number of alkyl halides is 3. The molecule has 3 N–H and O–H groups in total. The van der Waals surface area contributed by atoms with Gasteiger partial charge in [-0.3, -0.25) is 0 Å². The highest BCUT2D eigenvalue weighted by Gasteiger charge is 2.51. The standard InChI is InChI=1S/C24H32F3N3O4S2/c1-22(2,16-31)28-14-19-15-29(36(33,34)21-7-5-4-6-20(21)35)12-13-30(19)18-10-8-17(9-11-18)23(3,32)24(25,26)27/h4-5,7-11,19,28,31-32H,6,12-16H2,1-3H3/t19-,23-/m1/s1. The summed E-state index contributed by atoms with van der Waals surface area (Å²) >= 11 is 5.28. The molecule has 0 radical (unpaired) electrons. The van der Waals surface area contributed by atoms with Crippen molar-refractivity contribution in [1.82, 2.24) is 9.62 Å². The van der Waals surface area contributed by atoms with Gasteiger partial charge in [0.15, 0.2) is 5.60 Å². The molecule has 0 aromatic heterocycles. The van der Waals surface area contributed by atoms with E-state index < -0.39 is 27.3 Å². The molecule has 0 spiro atoms. The van der Waals surface area contributed by atoms with E-state index in [0.29, 0.717) is 30.4 Å². The van der Waals surface area contributed by atoms with Crippen LogP contribution in [-0.2, 0) is 15.6 Å². The fourth-order valence-electron chi connectivity index (χ4n) is 4.04. The van der Waals surface area contributed by atoms with Gasteiger partial charge in [0.2, 0.25) is 10.0 Å². The highest BCUT2D eigenvalue weighted by Crippen LogP contribution is 2.39. The largest absolute Gasteiger partial charge is 0.421 e. The Balaban J connectivity index is 1.88. The summed E-state index contributed by atoms with van der Waals surface area (Å²) in [6, 6.07) is 5.06. The highest BCUT2D eigenvalue weighted by molar-refractivity contribution is 7.96. The first-order valence-electron chi connectivity index (χ1n) is 11.5. The minimum absolute atomic E-state index is 0.106. The molecule has 0 bridgehead atoms. The number of hydrogen-bond donors (Lipinski definition) is 3. The van der Waals surface area contributed by atoms with Crippen LogP contribution in [-0.4, -0.2) is 78.3 Å². The maximum Gasteiger partial charge on any atom is 0.421 e. The van der Waals surface area contributed by atoms with Crippen LogP contribution < -0.4 is 10.2 Å². The smallest absolute Gasteiger partial charge is 0.394 e. The number of aliphatic hydroxyl groups is 2. The van der Waals surface area contributed by atoms with Crippen LogP contribution >= 0.6 is 12.2 Å². The van der Waals surface area contributed by atoms with Crippen molar-refractivity contribution in [3.8, 4) is 0 Å².